The predicted molar refractivity (Wildman–Crippen MR) is 60.7 cm³/mol. The highest BCUT2D eigenvalue weighted by Crippen LogP contribution is 2.12. The van der Waals surface area contributed by atoms with Crippen LogP contribution in [0.3, 0.4) is 0 Å². The molecule has 0 unspecified atom stereocenters. The molecule has 0 heterocycles. The molecule has 0 saturated carbocycles. The molecule has 0 fully saturated rings. The van der Waals surface area contributed by atoms with Crippen LogP contribution in [-0.4, -0.2) is 26.0 Å². The van der Waals surface area contributed by atoms with Crippen LogP contribution in [0.25, 0.3) is 0 Å². The summed E-state index contributed by atoms with van der Waals surface area (Å²) >= 11 is 0. The standard InChI is InChI=1S/C11H14N2O3/c1-8(12-13-11(14)16-3)9-5-4-6-10(7-9)15-2/h4-7H,1-3H3,(H,13,14). The van der Waals surface area contributed by atoms with E-state index in [1.54, 1.807) is 14.0 Å². The van der Waals surface area contributed by atoms with Crippen LogP contribution < -0.4 is 10.2 Å². The third kappa shape index (κ3) is 3.27. The Labute approximate surface area is 94.1 Å². The fraction of sp³-hybridized carbons (Fsp3) is 0.273. The van der Waals surface area contributed by atoms with Gasteiger partial charge in [0.25, 0.3) is 0 Å². The largest absolute Gasteiger partial charge is 0.497 e. The van der Waals surface area contributed by atoms with E-state index in [0.29, 0.717) is 5.71 Å². The van der Waals surface area contributed by atoms with E-state index in [0.717, 1.165) is 11.3 Å². The van der Waals surface area contributed by atoms with Crippen LogP contribution in [0.5, 0.6) is 5.75 Å². The second-order valence-electron chi connectivity index (χ2n) is 3.03. The summed E-state index contributed by atoms with van der Waals surface area (Å²) in [5.74, 6) is 0.741. The van der Waals surface area contributed by atoms with Crippen molar-refractivity contribution in [1.82, 2.24) is 5.43 Å². The van der Waals surface area contributed by atoms with Crippen LogP contribution >= 0.6 is 0 Å². The molecular weight excluding hydrogens is 208 g/mol. The highest BCUT2D eigenvalue weighted by molar-refractivity contribution is 5.99. The monoisotopic (exact) mass is 222 g/mol. The van der Waals surface area contributed by atoms with Crippen molar-refractivity contribution >= 4 is 11.8 Å². The Balaban J connectivity index is 2.78. The maximum atomic E-state index is 10.8. The van der Waals surface area contributed by atoms with Crippen molar-refractivity contribution < 1.29 is 14.3 Å². The van der Waals surface area contributed by atoms with Crippen molar-refractivity contribution in [2.75, 3.05) is 14.2 Å². The van der Waals surface area contributed by atoms with E-state index in [2.05, 4.69) is 15.3 Å². The Morgan fingerprint density at radius 3 is 2.75 bits per heavy atom. The van der Waals surface area contributed by atoms with Gasteiger partial charge in [-0.15, -0.1) is 0 Å². The van der Waals surface area contributed by atoms with Gasteiger partial charge in [0.1, 0.15) is 5.75 Å². The number of hydrogen-bond donors (Lipinski definition) is 1. The zero-order valence-electron chi connectivity index (χ0n) is 9.48. The van der Waals surface area contributed by atoms with Crippen LogP contribution in [0, 0.1) is 0 Å². The van der Waals surface area contributed by atoms with Crippen molar-refractivity contribution in [3.8, 4) is 5.75 Å². The van der Waals surface area contributed by atoms with Crippen molar-refractivity contribution in [3.05, 3.63) is 29.8 Å². The van der Waals surface area contributed by atoms with E-state index in [4.69, 9.17) is 4.74 Å². The van der Waals surface area contributed by atoms with Crippen molar-refractivity contribution in [1.29, 1.82) is 0 Å². The molecular formula is C11H14N2O3. The number of carbonyl (C=O) groups is 1. The smallest absolute Gasteiger partial charge is 0.427 e. The third-order valence-corrected chi connectivity index (χ3v) is 1.99. The van der Waals surface area contributed by atoms with E-state index in [-0.39, 0.29) is 0 Å². The van der Waals surface area contributed by atoms with Gasteiger partial charge in [-0.2, -0.15) is 5.10 Å². The van der Waals surface area contributed by atoms with Crippen LogP contribution in [0.4, 0.5) is 4.79 Å². The zero-order chi connectivity index (χ0) is 12.0. The summed E-state index contributed by atoms with van der Waals surface area (Å²) in [6, 6.07) is 7.40. The normalized spacial score (nSPS) is 10.8. The molecule has 1 rings (SSSR count). The zero-order valence-corrected chi connectivity index (χ0v) is 9.48. The number of rotatable bonds is 3. The first-order valence-electron chi connectivity index (χ1n) is 4.70. The summed E-state index contributed by atoms with van der Waals surface area (Å²) in [6.45, 7) is 1.78. The van der Waals surface area contributed by atoms with Gasteiger partial charge in [0, 0.05) is 5.56 Å². The molecule has 0 spiro atoms. The molecule has 0 bridgehead atoms. The molecule has 0 aliphatic rings. The molecule has 0 atom stereocenters. The van der Waals surface area contributed by atoms with Gasteiger partial charge in [0.05, 0.1) is 19.9 Å². The second-order valence-corrected chi connectivity index (χ2v) is 3.03. The van der Waals surface area contributed by atoms with Crippen LogP contribution in [0.1, 0.15) is 12.5 Å². The minimum Gasteiger partial charge on any atom is -0.497 e. The van der Waals surface area contributed by atoms with Gasteiger partial charge in [-0.1, -0.05) is 12.1 Å². The Morgan fingerprint density at radius 2 is 2.12 bits per heavy atom. The first-order valence-corrected chi connectivity index (χ1v) is 4.70. The van der Waals surface area contributed by atoms with Gasteiger partial charge in [-0.25, -0.2) is 10.2 Å². The van der Waals surface area contributed by atoms with Crippen LogP contribution in [-0.2, 0) is 4.74 Å². The number of hydrogen-bond acceptors (Lipinski definition) is 4. The Morgan fingerprint density at radius 1 is 1.38 bits per heavy atom. The molecule has 0 saturated heterocycles. The molecule has 5 heteroatoms. The first kappa shape index (κ1) is 12.0. The topological polar surface area (TPSA) is 59.9 Å². The van der Waals surface area contributed by atoms with E-state index >= 15 is 0 Å². The first-order chi connectivity index (χ1) is 7.67. The van der Waals surface area contributed by atoms with Gasteiger partial charge in [0.2, 0.25) is 0 Å². The van der Waals surface area contributed by atoms with Gasteiger partial charge in [-0.05, 0) is 19.1 Å². The molecule has 1 amide bonds. The molecule has 1 aromatic rings. The number of methoxy groups -OCH3 is 2. The molecule has 1 N–H and O–H groups in total. The molecule has 0 radical (unpaired) electrons. The number of amides is 1. The predicted octanol–water partition coefficient (Wildman–Crippen LogP) is 1.78. The molecule has 0 aliphatic heterocycles. The summed E-state index contributed by atoms with van der Waals surface area (Å²) in [6.07, 6.45) is -0.595. The number of nitrogens with zero attached hydrogens (tertiary/aromatic N) is 1. The summed E-state index contributed by atoms with van der Waals surface area (Å²) in [5.41, 5.74) is 3.80. The fourth-order valence-electron chi connectivity index (χ4n) is 1.09. The highest BCUT2D eigenvalue weighted by atomic mass is 16.5. The molecule has 16 heavy (non-hydrogen) atoms. The van der Waals surface area contributed by atoms with Gasteiger partial charge in [0.15, 0.2) is 0 Å². The SMILES string of the molecule is COC(=O)NN=C(C)c1cccc(OC)c1. The molecule has 0 aromatic heterocycles. The van der Waals surface area contributed by atoms with Crippen LogP contribution in [0.2, 0.25) is 0 Å². The summed E-state index contributed by atoms with van der Waals surface area (Å²) in [7, 11) is 2.88. The van der Waals surface area contributed by atoms with Gasteiger partial charge >= 0.3 is 6.09 Å². The molecule has 86 valence electrons. The van der Waals surface area contributed by atoms with E-state index in [9.17, 15) is 4.79 Å². The molecule has 0 aliphatic carbocycles. The minimum atomic E-state index is -0.595. The number of benzene rings is 1. The molecule has 5 nitrogen and oxygen atoms in total. The lowest BCUT2D eigenvalue weighted by molar-refractivity contribution is 0.171. The fourth-order valence-corrected chi connectivity index (χ4v) is 1.09. The summed E-state index contributed by atoms with van der Waals surface area (Å²) < 4.78 is 9.48. The van der Waals surface area contributed by atoms with Crippen molar-refractivity contribution in [2.45, 2.75) is 6.92 Å². The number of ether oxygens (including phenoxy) is 2. The summed E-state index contributed by atoms with van der Waals surface area (Å²) in [4.78, 5) is 10.8. The number of nitrogens with one attached hydrogen (secondary N) is 1. The Bertz CT molecular complexity index is 402. The van der Waals surface area contributed by atoms with E-state index < -0.39 is 6.09 Å². The third-order valence-electron chi connectivity index (χ3n) is 1.99. The van der Waals surface area contributed by atoms with Crippen molar-refractivity contribution in [3.63, 3.8) is 0 Å². The van der Waals surface area contributed by atoms with Gasteiger partial charge in [-0.3, -0.25) is 0 Å². The Kier molecular flexibility index (Phi) is 4.32. The maximum absolute atomic E-state index is 10.8. The summed E-state index contributed by atoms with van der Waals surface area (Å²) in [5, 5.41) is 3.88. The number of carbonyl (C=O) groups excluding carboxylic acids is 1. The lowest BCUT2D eigenvalue weighted by atomic mass is 10.1. The average Bonchev–Trinajstić information content (AvgIpc) is 2.35. The van der Waals surface area contributed by atoms with Crippen LogP contribution in [0.15, 0.2) is 29.4 Å². The quantitative estimate of drug-likeness (QED) is 0.626. The lowest BCUT2D eigenvalue weighted by Gasteiger charge is -2.04. The van der Waals surface area contributed by atoms with E-state index in [1.807, 2.05) is 24.3 Å². The average molecular weight is 222 g/mol. The lowest BCUT2D eigenvalue weighted by Crippen LogP contribution is -2.18. The number of hydrazone groups is 1. The highest BCUT2D eigenvalue weighted by Gasteiger charge is 2.01. The van der Waals surface area contributed by atoms with E-state index in [1.165, 1.54) is 7.11 Å². The minimum absolute atomic E-state index is 0.595. The maximum Gasteiger partial charge on any atom is 0.427 e. The van der Waals surface area contributed by atoms with Gasteiger partial charge < -0.3 is 9.47 Å². The second kappa shape index (κ2) is 5.75. The Hall–Kier alpha value is -2.04. The molecule has 1 aromatic carbocycles. The van der Waals surface area contributed by atoms with Crippen molar-refractivity contribution in [2.24, 2.45) is 5.10 Å².